The van der Waals surface area contributed by atoms with E-state index in [4.69, 9.17) is 4.74 Å². The van der Waals surface area contributed by atoms with E-state index >= 15 is 0 Å². The molecule has 6 heteroatoms. The quantitative estimate of drug-likeness (QED) is 0.615. The van der Waals surface area contributed by atoms with Gasteiger partial charge in [-0.2, -0.15) is 0 Å². The zero-order valence-corrected chi connectivity index (χ0v) is 15.8. The van der Waals surface area contributed by atoms with E-state index < -0.39 is 0 Å². The summed E-state index contributed by atoms with van der Waals surface area (Å²) in [6.07, 6.45) is 0.733. The number of fused-ring (bicyclic) bond motifs is 3. The first-order valence-corrected chi connectivity index (χ1v) is 9.14. The van der Waals surface area contributed by atoms with E-state index in [2.05, 4.69) is 15.9 Å². The Morgan fingerprint density at radius 1 is 1.19 bits per heavy atom. The summed E-state index contributed by atoms with van der Waals surface area (Å²) in [6.45, 7) is 0.623. The first kappa shape index (κ1) is 16.8. The van der Waals surface area contributed by atoms with Crippen LogP contribution >= 0.6 is 15.9 Å². The van der Waals surface area contributed by atoms with E-state index in [-0.39, 0.29) is 18.4 Å². The van der Waals surface area contributed by atoms with Crippen LogP contribution in [0.15, 0.2) is 53.0 Å². The van der Waals surface area contributed by atoms with Crippen molar-refractivity contribution >= 4 is 44.4 Å². The number of hydrogen-bond acceptors (Lipinski definition) is 3. The number of carbonyl (C=O) groups is 2. The van der Waals surface area contributed by atoms with Crippen LogP contribution in [0.1, 0.15) is 16.1 Å². The van der Waals surface area contributed by atoms with Gasteiger partial charge in [0.05, 0.1) is 7.11 Å². The first-order chi connectivity index (χ1) is 12.6. The van der Waals surface area contributed by atoms with E-state index in [9.17, 15) is 9.59 Å². The number of hydrogen-bond donors (Lipinski definition) is 0. The lowest BCUT2D eigenvalue weighted by Gasteiger charge is -2.28. The number of halogens is 1. The van der Waals surface area contributed by atoms with Gasteiger partial charge < -0.3 is 14.2 Å². The molecule has 0 unspecified atom stereocenters. The summed E-state index contributed by atoms with van der Waals surface area (Å²) in [4.78, 5) is 27.0. The van der Waals surface area contributed by atoms with Gasteiger partial charge in [-0.25, -0.2) is 0 Å². The second-order valence-corrected chi connectivity index (χ2v) is 7.11. The summed E-state index contributed by atoms with van der Waals surface area (Å²) in [5.41, 5.74) is 3.28. The number of esters is 1. The molecule has 0 bridgehead atoms. The van der Waals surface area contributed by atoms with Crippen LogP contribution in [0.25, 0.3) is 10.9 Å². The predicted octanol–water partition coefficient (Wildman–Crippen LogP) is 3.78. The highest BCUT2D eigenvalue weighted by Gasteiger charge is 2.32. The van der Waals surface area contributed by atoms with Crippen LogP contribution in [0.5, 0.6) is 0 Å². The number of carbonyl (C=O) groups excluding carboxylic acids is 2. The van der Waals surface area contributed by atoms with Gasteiger partial charge in [0.15, 0.2) is 0 Å². The van der Waals surface area contributed by atoms with Gasteiger partial charge in [-0.3, -0.25) is 9.59 Å². The van der Waals surface area contributed by atoms with Crippen molar-refractivity contribution in [2.24, 2.45) is 0 Å². The number of amides is 1. The molecule has 0 N–H and O–H groups in total. The normalized spacial score (nSPS) is 13.8. The first-order valence-electron chi connectivity index (χ1n) is 8.34. The molecule has 1 amide bonds. The molecule has 0 radical (unpaired) electrons. The van der Waals surface area contributed by atoms with E-state index in [0.717, 1.165) is 33.0 Å². The molecule has 3 aromatic rings. The number of nitrogens with zero attached hydrogens (tertiary/aromatic N) is 2. The molecule has 0 spiro atoms. The SMILES string of the molecule is COC(=O)Cn1c2c(c3cc(Br)ccc31)CCN(c1ccccc1)C2=O. The second-order valence-electron chi connectivity index (χ2n) is 6.19. The van der Waals surface area contributed by atoms with Gasteiger partial charge in [0.1, 0.15) is 12.2 Å². The minimum Gasteiger partial charge on any atom is -0.468 e. The number of para-hydroxylation sites is 1. The molecule has 1 aliphatic rings. The number of anilines is 1. The van der Waals surface area contributed by atoms with Crippen molar-refractivity contribution in [1.29, 1.82) is 0 Å². The molecule has 5 nitrogen and oxygen atoms in total. The predicted molar refractivity (Wildman–Crippen MR) is 103 cm³/mol. The Morgan fingerprint density at radius 2 is 1.96 bits per heavy atom. The monoisotopic (exact) mass is 412 g/mol. The molecule has 2 aromatic carbocycles. The van der Waals surface area contributed by atoms with Gasteiger partial charge >= 0.3 is 5.97 Å². The Balaban J connectivity index is 1.90. The Labute approximate surface area is 159 Å². The van der Waals surface area contributed by atoms with Gasteiger partial charge in [0, 0.05) is 27.6 Å². The van der Waals surface area contributed by atoms with Crippen molar-refractivity contribution in [1.82, 2.24) is 4.57 Å². The molecule has 1 aromatic heterocycles. The Bertz CT molecular complexity index is 1010. The zero-order chi connectivity index (χ0) is 18.3. The van der Waals surface area contributed by atoms with Gasteiger partial charge in [-0.05, 0) is 42.3 Å². The third-order valence-corrected chi connectivity index (χ3v) is 5.24. The standard InChI is InChI=1S/C20H17BrN2O3/c1-26-18(24)12-23-17-8-7-13(21)11-16(17)15-9-10-22(20(25)19(15)23)14-5-3-2-4-6-14/h2-8,11H,9-10,12H2,1H3. The largest absolute Gasteiger partial charge is 0.468 e. The molecular formula is C20H17BrN2O3. The van der Waals surface area contributed by atoms with Crippen molar-refractivity contribution in [3.63, 3.8) is 0 Å². The average molecular weight is 413 g/mol. The maximum absolute atomic E-state index is 13.3. The zero-order valence-electron chi connectivity index (χ0n) is 14.2. The fourth-order valence-electron chi connectivity index (χ4n) is 3.56. The van der Waals surface area contributed by atoms with E-state index in [0.29, 0.717) is 12.2 Å². The lowest BCUT2D eigenvalue weighted by Crippen LogP contribution is -2.39. The molecular weight excluding hydrogens is 396 g/mol. The molecule has 0 aliphatic carbocycles. The molecule has 0 fully saturated rings. The van der Waals surface area contributed by atoms with E-state index in [1.54, 1.807) is 9.47 Å². The number of ether oxygens (including phenoxy) is 1. The van der Waals surface area contributed by atoms with Crippen molar-refractivity contribution < 1.29 is 14.3 Å². The summed E-state index contributed by atoms with van der Waals surface area (Å²) in [5, 5.41) is 0.999. The highest BCUT2D eigenvalue weighted by Crippen LogP contribution is 2.34. The third-order valence-electron chi connectivity index (χ3n) is 4.75. The van der Waals surface area contributed by atoms with Crippen molar-refractivity contribution in [2.75, 3.05) is 18.6 Å². The summed E-state index contributed by atoms with van der Waals surface area (Å²) in [5.74, 6) is -0.467. The topological polar surface area (TPSA) is 51.5 Å². The van der Waals surface area contributed by atoms with Crippen LogP contribution in [0, 0.1) is 0 Å². The molecule has 1 aliphatic heterocycles. The summed E-state index contributed by atoms with van der Waals surface area (Å²) in [7, 11) is 1.36. The van der Waals surface area contributed by atoms with E-state index in [1.165, 1.54) is 7.11 Å². The summed E-state index contributed by atoms with van der Waals surface area (Å²) in [6, 6.07) is 15.5. The smallest absolute Gasteiger partial charge is 0.325 e. The number of rotatable bonds is 3. The van der Waals surface area contributed by atoms with Crippen molar-refractivity contribution in [3.05, 3.63) is 64.3 Å². The van der Waals surface area contributed by atoms with Gasteiger partial charge in [0.2, 0.25) is 0 Å². The summed E-state index contributed by atoms with van der Waals surface area (Å²) < 4.78 is 7.56. The molecule has 0 saturated carbocycles. The number of benzene rings is 2. The second kappa shape index (κ2) is 6.61. The minimum atomic E-state index is -0.378. The van der Waals surface area contributed by atoms with Crippen LogP contribution in [0.2, 0.25) is 0 Å². The van der Waals surface area contributed by atoms with Crippen LogP contribution in [0.4, 0.5) is 5.69 Å². The van der Waals surface area contributed by atoms with Crippen LogP contribution in [-0.4, -0.2) is 30.1 Å². The molecule has 26 heavy (non-hydrogen) atoms. The van der Waals surface area contributed by atoms with Crippen molar-refractivity contribution in [2.45, 2.75) is 13.0 Å². The minimum absolute atomic E-state index is 0.0122. The number of aromatic nitrogens is 1. The highest BCUT2D eigenvalue weighted by molar-refractivity contribution is 9.10. The molecule has 0 saturated heterocycles. The van der Waals surface area contributed by atoms with Gasteiger partial charge in [-0.15, -0.1) is 0 Å². The number of methoxy groups -OCH3 is 1. The molecule has 0 atom stereocenters. The van der Waals surface area contributed by atoms with Gasteiger partial charge in [0.25, 0.3) is 5.91 Å². The van der Waals surface area contributed by atoms with Crippen LogP contribution in [0.3, 0.4) is 0 Å². The fraction of sp³-hybridized carbons (Fsp3) is 0.200. The van der Waals surface area contributed by atoms with Crippen molar-refractivity contribution in [3.8, 4) is 0 Å². The highest BCUT2D eigenvalue weighted by atomic mass is 79.9. The maximum Gasteiger partial charge on any atom is 0.325 e. The van der Waals surface area contributed by atoms with Crippen LogP contribution < -0.4 is 4.90 Å². The Morgan fingerprint density at radius 3 is 2.69 bits per heavy atom. The lowest BCUT2D eigenvalue weighted by molar-refractivity contribution is -0.141. The third kappa shape index (κ3) is 2.70. The average Bonchev–Trinajstić information content (AvgIpc) is 2.96. The fourth-order valence-corrected chi connectivity index (χ4v) is 3.92. The van der Waals surface area contributed by atoms with E-state index in [1.807, 2.05) is 48.5 Å². The maximum atomic E-state index is 13.3. The molecule has 2 heterocycles. The van der Waals surface area contributed by atoms with Gasteiger partial charge in [-0.1, -0.05) is 34.1 Å². The van der Waals surface area contributed by atoms with Crippen LogP contribution in [-0.2, 0) is 22.5 Å². The molecule has 4 rings (SSSR count). The Hall–Kier alpha value is -2.60. The Kier molecular flexibility index (Phi) is 4.28. The lowest BCUT2D eigenvalue weighted by atomic mass is 10.0. The summed E-state index contributed by atoms with van der Waals surface area (Å²) >= 11 is 3.50. The molecule has 132 valence electrons.